The van der Waals surface area contributed by atoms with Crippen LogP contribution in [0.1, 0.15) is 38.1 Å². The standard InChI is InChI=1S/C13H15N3.C2H6/c1-10-8-9-14-13(15-10)16-11(2)12-6-4-3-5-7-12;1-2/h3-9,11H,1-2H3,(H,14,15,16);1-2H3. The SMILES string of the molecule is CC.Cc1ccnc(NC(C)c2ccccc2)n1. The second kappa shape index (κ2) is 7.43. The number of aryl methyl sites for hydroxylation is 1. The first-order valence-electron chi connectivity index (χ1n) is 6.37. The molecule has 1 N–H and O–H groups in total. The van der Waals surface area contributed by atoms with Crippen molar-refractivity contribution in [2.24, 2.45) is 0 Å². The lowest BCUT2D eigenvalue weighted by Crippen LogP contribution is -2.09. The fraction of sp³-hybridized carbons (Fsp3) is 0.333. The smallest absolute Gasteiger partial charge is 0.223 e. The number of benzene rings is 1. The van der Waals surface area contributed by atoms with E-state index in [4.69, 9.17) is 0 Å². The summed E-state index contributed by atoms with van der Waals surface area (Å²) in [6.07, 6.45) is 1.77. The highest BCUT2D eigenvalue weighted by atomic mass is 15.1. The van der Waals surface area contributed by atoms with Gasteiger partial charge in [-0.25, -0.2) is 9.97 Å². The molecular weight excluding hydrogens is 222 g/mol. The molecule has 1 aromatic heterocycles. The molecule has 0 radical (unpaired) electrons. The number of rotatable bonds is 3. The Balaban J connectivity index is 0.000000771. The molecule has 0 bridgehead atoms. The molecule has 0 spiro atoms. The van der Waals surface area contributed by atoms with Crippen LogP contribution in [0.2, 0.25) is 0 Å². The van der Waals surface area contributed by atoms with Gasteiger partial charge in [-0.15, -0.1) is 0 Å². The summed E-state index contributed by atoms with van der Waals surface area (Å²) in [5.74, 6) is 0.677. The van der Waals surface area contributed by atoms with Crippen molar-refractivity contribution in [2.75, 3.05) is 5.32 Å². The molecule has 0 saturated heterocycles. The minimum absolute atomic E-state index is 0.211. The Bertz CT molecular complexity index is 454. The maximum atomic E-state index is 4.32. The van der Waals surface area contributed by atoms with Gasteiger partial charge in [0.15, 0.2) is 0 Å². The van der Waals surface area contributed by atoms with E-state index in [1.165, 1.54) is 5.56 Å². The van der Waals surface area contributed by atoms with Crippen molar-refractivity contribution in [3.63, 3.8) is 0 Å². The summed E-state index contributed by atoms with van der Waals surface area (Å²) in [4.78, 5) is 8.50. The fourth-order valence-corrected chi connectivity index (χ4v) is 1.54. The number of aromatic nitrogens is 2. The van der Waals surface area contributed by atoms with Crippen molar-refractivity contribution in [3.05, 3.63) is 53.9 Å². The van der Waals surface area contributed by atoms with Crippen LogP contribution in [0.5, 0.6) is 0 Å². The van der Waals surface area contributed by atoms with Crippen LogP contribution in [-0.2, 0) is 0 Å². The van der Waals surface area contributed by atoms with Gasteiger partial charge in [0.2, 0.25) is 5.95 Å². The molecule has 0 aliphatic rings. The number of nitrogens with zero attached hydrogens (tertiary/aromatic N) is 2. The Morgan fingerprint density at radius 2 is 1.72 bits per heavy atom. The zero-order chi connectivity index (χ0) is 13.4. The Morgan fingerprint density at radius 1 is 1.06 bits per heavy atom. The first-order chi connectivity index (χ1) is 8.75. The van der Waals surface area contributed by atoms with Crippen LogP contribution in [0.3, 0.4) is 0 Å². The molecule has 0 fully saturated rings. The molecule has 0 aliphatic heterocycles. The van der Waals surface area contributed by atoms with Gasteiger partial charge in [0, 0.05) is 11.9 Å². The topological polar surface area (TPSA) is 37.8 Å². The summed E-state index contributed by atoms with van der Waals surface area (Å²) < 4.78 is 0. The third-order valence-electron chi connectivity index (χ3n) is 2.44. The van der Waals surface area contributed by atoms with E-state index in [1.807, 2.05) is 45.0 Å². The van der Waals surface area contributed by atoms with E-state index < -0.39 is 0 Å². The summed E-state index contributed by atoms with van der Waals surface area (Å²) in [7, 11) is 0. The van der Waals surface area contributed by atoms with E-state index in [2.05, 4.69) is 34.3 Å². The van der Waals surface area contributed by atoms with Crippen LogP contribution in [-0.4, -0.2) is 9.97 Å². The van der Waals surface area contributed by atoms with Gasteiger partial charge in [0.05, 0.1) is 6.04 Å². The maximum absolute atomic E-state index is 4.32. The van der Waals surface area contributed by atoms with Gasteiger partial charge in [-0.2, -0.15) is 0 Å². The fourth-order valence-electron chi connectivity index (χ4n) is 1.54. The van der Waals surface area contributed by atoms with Gasteiger partial charge in [-0.1, -0.05) is 44.2 Å². The van der Waals surface area contributed by atoms with Crippen molar-refractivity contribution < 1.29 is 0 Å². The molecule has 1 heterocycles. The number of hydrogen-bond acceptors (Lipinski definition) is 3. The summed E-state index contributed by atoms with van der Waals surface area (Å²) in [5.41, 5.74) is 2.20. The zero-order valence-corrected chi connectivity index (χ0v) is 11.5. The first-order valence-corrected chi connectivity index (χ1v) is 6.37. The molecule has 1 aromatic carbocycles. The highest BCUT2D eigenvalue weighted by molar-refractivity contribution is 5.31. The van der Waals surface area contributed by atoms with Gasteiger partial charge >= 0.3 is 0 Å². The molecule has 0 saturated carbocycles. The normalized spacial score (nSPS) is 11.1. The molecule has 0 amide bonds. The highest BCUT2D eigenvalue weighted by Gasteiger charge is 2.05. The zero-order valence-electron chi connectivity index (χ0n) is 11.5. The molecule has 2 aromatic rings. The van der Waals surface area contributed by atoms with Gasteiger partial charge in [-0.3, -0.25) is 0 Å². The van der Waals surface area contributed by atoms with Crippen LogP contribution in [0.25, 0.3) is 0 Å². The Hall–Kier alpha value is -1.90. The second-order valence-corrected chi connectivity index (χ2v) is 3.80. The summed E-state index contributed by atoms with van der Waals surface area (Å²) >= 11 is 0. The van der Waals surface area contributed by atoms with Gasteiger partial charge in [-0.05, 0) is 25.5 Å². The molecule has 1 unspecified atom stereocenters. The molecular formula is C15H21N3. The van der Waals surface area contributed by atoms with Gasteiger partial charge in [0.1, 0.15) is 0 Å². The predicted molar refractivity (Wildman–Crippen MR) is 76.6 cm³/mol. The number of anilines is 1. The summed E-state index contributed by atoms with van der Waals surface area (Å²) in [6.45, 7) is 8.06. The van der Waals surface area contributed by atoms with Crippen LogP contribution < -0.4 is 5.32 Å². The molecule has 0 aliphatic carbocycles. The van der Waals surface area contributed by atoms with E-state index in [0.717, 1.165) is 5.69 Å². The third-order valence-corrected chi connectivity index (χ3v) is 2.44. The van der Waals surface area contributed by atoms with E-state index in [9.17, 15) is 0 Å². The van der Waals surface area contributed by atoms with Gasteiger partial charge in [0.25, 0.3) is 0 Å². The van der Waals surface area contributed by atoms with E-state index in [-0.39, 0.29) is 6.04 Å². The largest absolute Gasteiger partial charge is 0.348 e. The monoisotopic (exact) mass is 243 g/mol. The van der Waals surface area contributed by atoms with E-state index >= 15 is 0 Å². The van der Waals surface area contributed by atoms with Crippen molar-refractivity contribution in [2.45, 2.75) is 33.7 Å². The number of hydrogen-bond donors (Lipinski definition) is 1. The van der Waals surface area contributed by atoms with E-state index in [1.54, 1.807) is 6.20 Å². The lowest BCUT2D eigenvalue weighted by molar-refractivity contribution is 0.857. The average molecular weight is 243 g/mol. The van der Waals surface area contributed by atoms with Crippen molar-refractivity contribution >= 4 is 5.95 Å². The molecule has 1 atom stereocenters. The van der Waals surface area contributed by atoms with Crippen LogP contribution in [0.4, 0.5) is 5.95 Å². The average Bonchev–Trinajstić information content (AvgIpc) is 2.42. The Kier molecular flexibility index (Phi) is 5.85. The second-order valence-electron chi connectivity index (χ2n) is 3.80. The van der Waals surface area contributed by atoms with Crippen molar-refractivity contribution in [1.82, 2.24) is 9.97 Å². The minimum Gasteiger partial charge on any atom is -0.348 e. The maximum Gasteiger partial charge on any atom is 0.223 e. The molecule has 3 heteroatoms. The van der Waals surface area contributed by atoms with Crippen molar-refractivity contribution in [1.29, 1.82) is 0 Å². The minimum atomic E-state index is 0.211. The Morgan fingerprint density at radius 3 is 2.33 bits per heavy atom. The third kappa shape index (κ3) is 4.17. The van der Waals surface area contributed by atoms with Gasteiger partial charge < -0.3 is 5.32 Å². The van der Waals surface area contributed by atoms with E-state index in [0.29, 0.717) is 5.95 Å². The van der Waals surface area contributed by atoms with Crippen LogP contribution in [0.15, 0.2) is 42.6 Å². The number of nitrogens with one attached hydrogen (secondary N) is 1. The lowest BCUT2D eigenvalue weighted by atomic mass is 10.1. The predicted octanol–water partition coefficient (Wildman–Crippen LogP) is 3.98. The van der Waals surface area contributed by atoms with Crippen LogP contribution in [0, 0.1) is 6.92 Å². The molecule has 3 nitrogen and oxygen atoms in total. The Labute approximate surface area is 109 Å². The molecule has 2 rings (SSSR count). The highest BCUT2D eigenvalue weighted by Crippen LogP contribution is 2.15. The lowest BCUT2D eigenvalue weighted by Gasteiger charge is -2.13. The summed E-state index contributed by atoms with van der Waals surface area (Å²) in [6, 6.07) is 12.4. The van der Waals surface area contributed by atoms with Crippen molar-refractivity contribution in [3.8, 4) is 0 Å². The molecule has 96 valence electrons. The summed E-state index contributed by atoms with van der Waals surface area (Å²) in [5, 5.41) is 3.28. The van der Waals surface area contributed by atoms with Crippen LogP contribution >= 0.6 is 0 Å². The quantitative estimate of drug-likeness (QED) is 0.886. The molecule has 18 heavy (non-hydrogen) atoms. The first kappa shape index (κ1) is 14.2.